The van der Waals surface area contributed by atoms with E-state index in [0.717, 1.165) is 0 Å². The zero-order chi connectivity index (χ0) is 15.9. The Bertz CT molecular complexity index is 779. The molecule has 3 aliphatic rings. The number of hydrogen-bond acceptors (Lipinski definition) is 5. The molecule has 0 radical (unpaired) electrons. The van der Waals surface area contributed by atoms with E-state index in [-0.39, 0.29) is 28.8 Å². The molecule has 1 heterocycles. The average molecular weight is 299 g/mol. The Morgan fingerprint density at radius 1 is 1.09 bits per heavy atom. The molecule has 0 aromatic heterocycles. The molecule has 5 heteroatoms. The number of hydrogen-bond donors (Lipinski definition) is 3. The number of Topliss-reactive ketones (excluding diaryl/α,β-unsaturated/α-hetero) is 2. The van der Waals surface area contributed by atoms with Gasteiger partial charge in [0.05, 0.1) is 5.57 Å². The summed E-state index contributed by atoms with van der Waals surface area (Å²) >= 11 is 0. The Kier molecular flexibility index (Phi) is 2.28. The van der Waals surface area contributed by atoms with E-state index in [2.05, 4.69) is 5.32 Å². The van der Waals surface area contributed by atoms with Crippen molar-refractivity contribution in [2.45, 2.75) is 38.0 Å². The molecular formula is C17H17NO4. The maximum absolute atomic E-state index is 12.7. The minimum absolute atomic E-state index is 0.0375. The van der Waals surface area contributed by atoms with Gasteiger partial charge < -0.3 is 15.5 Å². The first-order chi connectivity index (χ1) is 10.2. The number of carbonyl (C=O) groups is 2. The molecule has 0 saturated heterocycles. The SMILES string of the molecule is CC1(C)CC(=O)C2=C(C1)NC1(O)c3ccccc3C(=O)C21O. The predicted octanol–water partition coefficient (Wildman–Crippen LogP) is 1.01. The Balaban J connectivity index is 1.96. The molecule has 2 atom stereocenters. The normalized spacial score (nSPS) is 35.1. The maximum Gasteiger partial charge on any atom is 0.210 e. The van der Waals surface area contributed by atoms with Gasteiger partial charge in [-0.05, 0) is 11.8 Å². The molecule has 5 nitrogen and oxygen atoms in total. The maximum atomic E-state index is 12.7. The fourth-order valence-corrected chi connectivity index (χ4v) is 4.07. The minimum atomic E-state index is -2.22. The molecule has 2 aliphatic carbocycles. The third kappa shape index (κ3) is 1.31. The van der Waals surface area contributed by atoms with Crippen LogP contribution >= 0.6 is 0 Å². The highest BCUT2D eigenvalue weighted by molar-refractivity contribution is 6.18. The number of carbonyl (C=O) groups excluding carboxylic acids is 2. The molecule has 1 aliphatic heterocycles. The molecule has 0 spiro atoms. The van der Waals surface area contributed by atoms with Crippen molar-refractivity contribution in [2.24, 2.45) is 5.41 Å². The summed E-state index contributed by atoms with van der Waals surface area (Å²) < 4.78 is 0. The average Bonchev–Trinajstić information content (AvgIpc) is 2.74. The fourth-order valence-electron chi connectivity index (χ4n) is 4.07. The van der Waals surface area contributed by atoms with Gasteiger partial charge in [-0.15, -0.1) is 0 Å². The number of fused-ring (bicyclic) bond motifs is 4. The zero-order valence-electron chi connectivity index (χ0n) is 12.4. The van der Waals surface area contributed by atoms with Crippen LogP contribution in [0.2, 0.25) is 0 Å². The highest BCUT2D eigenvalue weighted by Gasteiger charge is 2.70. The van der Waals surface area contributed by atoms with Crippen molar-refractivity contribution < 1.29 is 19.8 Å². The van der Waals surface area contributed by atoms with E-state index in [4.69, 9.17) is 0 Å². The third-order valence-electron chi connectivity index (χ3n) is 4.98. The van der Waals surface area contributed by atoms with Gasteiger partial charge in [-0.1, -0.05) is 38.1 Å². The first-order valence-electron chi connectivity index (χ1n) is 7.35. The predicted molar refractivity (Wildman–Crippen MR) is 77.8 cm³/mol. The van der Waals surface area contributed by atoms with Gasteiger partial charge in [0.2, 0.25) is 17.1 Å². The number of benzene rings is 1. The summed E-state index contributed by atoms with van der Waals surface area (Å²) in [5.74, 6) is -0.894. The Labute approximate surface area is 127 Å². The van der Waals surface area contributed by atoms with Crippen LogP contribution in [0.3, 0.4) is 0 Å². The monoisotopic (exact) mass is 299 g/mol. The lowest BCUT2D eigenvalue weighted by molar-refractivity contribution is -0.127. The second-order valence-corrected chi connectivity index (χ2v) is 7.22. The largest absolute Gasteiger partial charge is 0.372 e. The third-order valence-corrected chi connectivity index (χ3v) is 4.98. The van der Waals surface area contributed by atoms with Crippen molar-refractivity contribution in [3.8, 4) is 0 Å². The van der Waals surface area contributed by atoms with Gasteiger partial charge in [0, 0.05) is 23.2 Å². The molecule has 0 fully saturated rings. The van der Waals surface area contributed by atoms with E-state index in [1.807, 2.05) is 13.8 Å². The van der Waals surface area contributed by atoms with Gasteiger partial charge in [0.15, 0.2) is 5.78 Å². The Morgan fingerprint density at radius 3 is 2.50 bits per heavy atom. The van der Waals surface area contributed by atoms with Gasteiger partial charge in [0.25, 0.3) is 0 Å². The molecule has 0 amide bonds. The number of allylic oxidation sites excluding steroid dienone is 1. The topological polar surface area (TPSA) is 86.6 Å². The van der Waals surface area contributed by atoms with Crippen LogP contribution in [0.5, 0.6) is 0 Å². The van der Waals surface area contributed by atoms with E-state index in [0.29, 0.717) is 17.7 Å². The summed E-state index contributed by atoms with van der Waals surface area (Å²) in [5, 5.41) is 25.0. The van der Waals surface area contributed by atoms with Crippen LogP contribution in [-0.4, -0.2) is 27.4 Å². The van der Waals surface area contributed by atoms with E-state index >= 15 is 0 Å². The molecule has 22 heavy (non-hydrogen) atoms. The molecule has 0 saturated carbocycles. The highest BCUT2D eigenvalue weighted by atomic mass is 16.4. The van der Waals surface area contributed by atoms with Crippen LogP contribution < -0.4 is 5.32 Å². The number of aliphatic hydroxyl groups is 2. The minimum Gasteiger partial charge on any atom is -0.372 e. The summed E-state index contributed by atoms with van der Waals surface area (Å²) in [6.07, 6.45) is 0.754. The zero-order valence-corrected chi connectivity index (χ0v) is 12.4. The van der Waals surface area contributed by atoms with Crippen molar-refractivity contribution >= 4 is 11.6 Å². The van der Waals surface area contributed by atoms with E-state index < -0.39 is 17.1 Å². The van der Waals surface area contributed by atoms with Crippen LogP contribution in [-0.2, 0) is 10.5 Å². The smallest absolute Gasteiger partial charge is 0.210 e. The number of ketones is 2. The van der Waals surface area contributed by atoms with Crippen molar-refractivity contribution in [3.05, 3.63) is 46.7 Å². The quantitative estimate of drug-likeness (QED) is 0.665. The van der Waals surface area contributed by atoms with Crippen LogP contribution in [0.4, 0.5) is 0 Å². The summed E-state index contributed by atoms with van der Waals surface area (Å²) in [6, 6.07) is 6.53. The van der Waals surface area contributed by atoms with Crippen LogP contribution in [0.1, 0.15) is 42.6 Å². The van der Waals surface area contributed by atoms with Crippen molar-refractivity contribution in [2.75, 3.05) is 0 Å². The first-order valence-corrected chi connectivity index (χ1v) is 7.35. The van der Waals surface area contributed by atoms with Crippen molar-refractivity contribution in [1.82, 2.24) is 5.32 Å². The molecular weight excluding hydrogens is 282 g/mol. The lowest BCUT2D eigenvalue weighted by Gasteiger charge is -2.32. The fraction of sp³-hybridized carbons (Fsp3) is 0.412. The number of nitrogens with one attached hydrogen (secondary N) is 1. The lowest BCUT2D eigenvalue weighted by Crippen LogP contribution is -2.56. The molecule has 2 unspecified atom stereocenters. The van der Waals surface area contributed by atoms with Gasteiger partial charge >= 0.3 is 0 Å². The standard InChI is InChI=1S/C17H17NO4/c1-15(2)7-11-13(12(19)8-15)16(21)14(20)9-5-3-4-6-10(9)17(16,22)18-11/h3-6,18,21-22H,7-8H2,1-2H3. The van der Waals surface area contributed by atoms with Crippen molar-refractivity contribution in [3.63, 3.8) is 0 Å². The summed E-state index contributed by atoms with van der Waals surface area (Å²) in [7, 11) is 0. The van der Waals surface area contributed by atoms with E-state index in [9.17, 15) is 19.8 Å². The van der Waals surface area contributed by atoms with E-state index in [1.165, 1.54) is 0 Å². The Hall–Kier alpha value is -1.98. The summed E-state index contributed by atoms with van der Waals surface area (Å²) in [5.41, 5.74) is -3.35. The molecule has 4 rings (SSSR count). The van der Waals surface area contributed by atoms with Crippen LogP contribution in [0.15, 0.2) is 35.5 Å². The lowest BCUT2D eigenvalue weighted by atomic mass is 9.72. The van der Waals surface area contributed by atoms with Gasteiger partial charge in [-0.25, -0.2) is 0 Å². The highest BCUT2D eigenvalue weighted by Crippen LogP contribution is 2.55. The second-order valence-electron chi connectivity index (χ2n) is 7.22. The van der Waals surface area contributed by atoms with Crippen LogP contribution in [0.25, 0.3) is 0 Å². The Morgan fingerprint density at radius 2 is 1.77 bits per heavy atom. The van der Waals surface area contributed by atoms with Crippen LogP contribution in [0, 0.1) is 5.41 Å². The van der Waals surface area contributed by atoms with Gasteiger partial charge in [0.1, 0.15) is 0 Å². The number of rotatable bonds is 0. The first kappa shape index (κ1) is 13.7. The molecule has 0 bridgehead atoms. The molecule has 114 valence electrons. The molecule has 3 N–H and O–H groups in total. The molecule has 1 aromatic carbocycles. The summed E-state index contributed by atoms with van der Waals surface area (Å²) in [4.78, 5) is 25.3. The van der Waals surface area contributed by atoms with E-state index in [1.54, 1.807) is 24.3 Å². The van der Waals surface area contributed by atoms with Gasteiger partial charge in [-0.3, -0.25) is 9.59 Å². The van der Waals surface area contributed by atoms with Gasteiger partial charge in [-0.2, -0.15) is 0 Å². The van der Waals surface area contributed by atoms with Crippen molar-refractivity contribution in [1.29, 1.82) is 0 Å². The summed E-state index contributed by atoms with van der Waals surface area (Å²) in [6.45, 7) is 3.91. The molecule has 1 aromatic rings. The second kappa shape index (κ2) is 3.67.